The quantitative estimate of drug-likeness (QED) is 0.666. The van der Waals surface area contributed by atoms with Crippen LogP contribution in [0.15, 0.2) is 51.0 Å². The monoisotopic (exact) mass is 446 g/mol. The van der Waals surface area contributed by atoms with Gasteiger partial charge >= 0.3 is 5.69 Å². The van der Waals surface area contributed by atoms with E-state index >= 15 is 0 Å². The number of carbonyl (C=O) groups excluding carboxylic acids is 1. The van der Waals surface area contributed by atoms with E-state index in [0.717, 1.165) is 47.7 Å². The minimum Gasteiger partial charge on any atom is -0.339 e. The van der Waals surface area contributed by atoms with Crippen molar-refractivity contribution in [2.24, 2.45) is 5.92 Å². The second-order valence-electron chi connectivity index (χ2n) is 6.65. The first kappa shape index (κ1) is 18.2. The van der Waals surface area contributed by atoms with Crippen LogP contribution < -0.4 is 5.69 Å². The Morgan fingerprint density at radius 3 is 2.70 bits per heavy atom. The number of amides is 1. The van der Waals surface area contributed by atoms with E-state index in [1.165, 1.54) is 11.3 Å². The van der Waals surface area contributed by atoms with Crippen molar-refractivity contribution in [1.82, 2.24) is 19.7 Å². The molecule has 1 amide bonds. The zero-order chi connectivity index (χ0) is 18.8. The molecule has 0 aliphatic carbocycles. The van der Waals surface area contributed by atoms with Gasteiger partial charge in [-0.25, -0.2) is 14.5 Å². The Labute approximate surface area is 169 Å². The molecule has 1 fully saturated rings. The van der Waals surface area contributed by atoms with Crippen molar-refractivity contribution in [2.45, 2.75) is 19.3 Å². The van der Waals surface area contributed by atoms with E-state index < -0.39 is 0 Å². The number of halogens is 1. The lowest BCUT2D eigenvalue weighted by molar-refractivity contribution is 0.0688. The third kappa shape index (κ3) is 3.77. The molecule has 140 valence electrons. The van der Waals surface area contributed by atoms with Gasteiger partial charge in [-0.15, -0.1) is 11.3 Å². The molecule has 0 spiro atoms. The summed E-state index contributed by atoms with van der Waals surface area (Å²) >= 11 is 4.98. The van der Waals surface area contributed by atoms with Gasteiger partial charge in [0.15, 0.2) is 0 Å². The van der Waals surface area contributed by atoms with E-state index in [-0.39, 0.29) is 11.6 Å². The predicted octanol–water partition coefficient (Wildman–Crippen LogP) is 3.48. The van der Waals surface area contributed by atoms with Gasteiger partial charge in [0.25, 0.3) is 5.91 Å². The molecule has 3 aromatic rings. The van der Waals surface area contributed by atoms with Gasteiger partial charge in [-0.1, -0.05) is 12.1 Å². The Bertz CT molecular complexity index is 987. The Hall–Kier alpha value is -2.19. The van der Waals surface area contributed by atoms with Crippen LogP contribution in [0.25, 0.3) is 5.00 Å². The van der Waals surface area contributed by atoms with Crippen molar-refractivity contribution in [3.63, 3.8) is 0 Å². The molecule has 0 atom stereocenters. The molecule has 8 heteroatoms. The number of carbonyl (C=O) groups is 1. The van der Waals surface area contributed by atoms with E-state index in [1.54, 1.807) is 4.57 Å². The maximum absolute atomic E-state index is 12.7. The zero-order valence-electron chi connectivity index (χ0n) is 14.6. The largest absolute Gasteiger partial charge is 0.348 e. The molecule has 6 nitrogen and oxygen atoms in total. The smallest absolute Gasteiger partial charge is 0.339 e. The highest BCUT2D eigenvalue weighted by atomic mass is 79.9. The van der Waals surface area contributed by atoms with Gasteiger partial charge < -0.3 is 4.90 Å². The summed E-state index contributed by atoms with van der Waals surface area (Å²) in [5.74, 6) is 1.23. The molecule has 3 heterocycles. The molecular weight excluding hydrogens is 428 g/mol. The number of nitrogens with zero attached hydrogens (tertiary/aromatic N) is 3. The minimum absolute atomic E-state index is 0.0659. The Balaban J connectivity index is 1.42. The minimum atomic E-state index is -0.200. The lowest BCUT2D eigenvalue weighted by atomic mass is 9.93. The first-order chi connectivity index (χ1) is 13.1. The van der Waals surface area contributed by atoms with Gasteiger partial charge in [0.05, 0.1) is 5.56 Å². The normalized spacial score (nSPS) is 15.2. The number of nitrogens with one attached hydrogen (secondary N) is 1. The predicted molar refractivity (Wildman–Crippen MR) is 109 cm³/mol. The number of aromatic nitrogens is 3. The number of likely N-dealkylation sites (tertiary alicyclic amines) is 1. The van der Waals surface area contributed by atoms with E-state index in [2.05, 4.69) is 26.1 Å². The molecule has 1 saturated heterocycles. The second kappa shape index (κ2) is 7.82. The summed E-state index contributed by atoms with van der Waals surface area (Å²) in [4.78, 5) is 26.7. The highest BCUT2D eigenvalue weighted by molar-refractivity contribution is 9.10. The van der Waals surface area contributed by atoms with Crippen LogP contribution in [0.2, 0.25) is 0 Å². The first-order valence-electron chi connectivity index (χ1n) is 8.87. The first-order valence-corrected chi connectivity index (χ1v) is 10.5. The van der Waals surface area contributed by atoms with Gasteiger partial charge in [0, 0.05) is 24.0 Å². The number of piperidine rings is 1. The van der Waals surface area contributed by atoms with Gasteiger partial charge in [-0.05, 0) is 64.3 Å². The number of hydrogen-bond donors (Lipinski definition) is 1. The van der Waals surface area contributed by atoms with Crippen LogP contribution in [-0.2, 0) is 6.42 Å². The fraction of sp³-hybridized carbons (Fsp3) is 0.316. The van der Waals surface area contributed by atoms with Crippen molar-refractivity contribution in [3.05, 3.63) is 68.1 Å². The molecule has 1 N–H and O–H groups in total. The van der Waals surface area contributed by atoms with Gasteiger partial charge in [-0.3, -0.25) is 4.79 Å². The number of H-pyrrole nitrogens is 1. The van der Waals surface area contributed by atoms with Gasteiger partial charge in [-0.2, -0.15) is 5.10 Å². The van der Waals surface area contributed by atoms with Crippen molar-refractivity contribution in [2.75, 3.05) is 13.1 Å². The summed E-state index contributed by atoms with van der Waals surface area (Å²) in [7, 11) is 0. The molecule has 0 bridgehead atoms. The number of hydrogen-bond acceptors (Lipinski definition) is 4. The zero-order valence-corrected chi connectivity index (χ0v) is 17.0. The Morgan fingerprint density at radius 1 is 1.22 bits per heavy atom. The molecule has 2 aromatic heterocycles. The van der Waals surface area contributed by atoms with Crippen molar-refractivity contribution in [3.8, 4) is 5.00 Å². The maximum Gasteiger partial charge on any atom is 0.348 e. The molecule has 1 aromatic carbocycles. The van der Waals surface area contributed by atoms with Crippen LogP contribution in [0, 0.1) is 5.92 Å². The molecule has 4 rings (SSSR count). The molecule has 0 radical (unpaired) electrons. The van der Waals surface area contributed by atoms with E-state index in [9.17, 15) is 9.59 Å². The molecule has 27 heavy (non-hydrogen) atoms. The van der Waals surface area contributed by atoms with Crippen LogP contribution in [-0.4, -0.2) is 38.7 Å². The lowest BCUT2D eigenvalue weighted by Gasteiger charge is -2.32. The second-order valence-corrected chi connectivity index (χ2v) is 8.43. The van der Waals surface area contributed by atoms with Crippen LogP contribution in [0.1, 0.15) is 29.0 Å². The SMILES string of the molecule is O=C(c1ccccc1Br)N1CCC(Cc2n[nH]c(=O)n2-c2cccs2)CC1. The van der Waals surface area contributed by atoms with E-state index in [4.69, 9.17) is 0 Å². The topological polar surface area (TPSA) is 71.0 Å². The number of benzene rings is 1. The summed E-state index contributed by atoms with van der Waals surface area (Å²) < 4.78 is 2.48. The molecule has 0 unspecified atom stereocenters. The van der Waals surface area contributed by atoms with Crippen molar-refractivity contribution in [1.29, 1.82) is 0 Å². The van der Waals surface area contributed by atoms with Gasteiger partial charge in [0.2, 0.25) is 0 Å². The van der Waals surface area contributed by atoms with E-state index in [1.807, 2.05) is 46.7 Å². The molecule has 0 saturated carbocycles. The summed E-state index contributed by atoms with van der Waals surface area (Å²) in [5.41, 5.74) is 0.503. The molecule has 1 aliphatic rings. The Morgan fingerprint density at radius 2 is 2.00 bits per heavy atom. The summed E-state index contributed by atoms with van der Waals surface area (Å²) in [6.07, 6.45) is 2.54. The van der Waals surface area contributed by atoms with Crippen molar-refractivity contribution < 1.29 is 4.79 Å². The third-order valence-corrected chi connectivity index (χ3v) is 6.49. The van der Waals surface area contributed by atoms with Gasteiger partial charge in [0.1, 0.15) is 10.8 Å². The van der Waals surface area contributed by atoms with Crippen LogP contribution in [0.5, 0.6) is 0 Å². The maximum atomic E-state index is 12.7. The average molecular weight is 447 g/mol. The third-order valence-electron chi connectivity index (χ3n) is 4.95. The highest BCUT2D eigenvalue weighted by Gasteiger charge is 2.26. The molecule has 1 aliphatic heterocycles. The number of aromatic amines is 1. The highest BCUT2D eigenvalue weighted by Crippen LogP contribution is 2.25. The summed E-state index contributed by atoms with van der Waals surface area (Å²) in [5, 5.41) is 9.62. The van der Waals surface area contributed by atoms with Crippen LogP contribution in [0.3, 0.4) is 0 Å². The van der Waals surface area contributed by atoms with E-state index in [0.29, 0.717) is 11.5 Å². The fourth-order valence-electron chi connectivity index (χ4n) is 3.49. The summed E-state index contributed by atoms with van der Waals surface area (Å²) in [6, 6.07) is 11.4. The van der Waals surface area contributed by atoms with Crippen molar-refractivity contribution >= 4 is 33.2 Å². The summed E-state index contributed by atoms with van der Waals surface area (Å²) in [6.45, 7) is 1.44. The lowest BCUT2D eigenvalue weighted by Crippen LogP contribution is -2.39. The standard InChI is InChI=1S/C19H19BrN4O2S/c20-15-5-2-1-4-14(15)18(25)23-9-7-13(8-10-23)12-16-21-22-19(26)24(16)17-6-3-11-27-17/h1-6,11,13H,7-10,12H2,(H,22,26). The average Bonchev–Trinajstić information content (AvgIpc) is 3.32. The number of rotatable bonds is 4. The fourth-order valence-corrected chi connectivity index (χ4v) is 4.70. The Kier molecular flexibility index (Phi) is 5.27. The number of thiophene rings is 1. The van der Waals surface area contributed by atoms with Crippen LogP contribution in [0.4, 0.5) is 0 Å². The molecular formula is C19H19BrN4O2S. The van der Waals surface area contributed by atoms with Crippen LogP contribution >= 0.6 is 27.3 Å².